The Morgan fingerprint density at radius 1 is 0.800 bits per heavy atom. The fourth-order valence-electron chi connectivity index (χ4n) is 3.73. The lowest BCUT2D eigenvalue weighted by Gasteiger charge is -2.20. The lowest BCUT2D eigenvalue weighted by molar-refractivity contribution is -0.143. The minimum Gasteiger partial charge on any atom is -0.465 e. The molecule has 0 aliphatic heterocycles. The number of esters is 3. The van der Waals surface area contributed by atoms with Gasteiger partial charge in [0.1, 0.15) is 5.57 Å². The average molecular weight is 544 g/mol. The molecule has 0 atom stereocenters. The molecule has 3 aromatic rings. The SMILES string of the molecule is CCOC(=O)c1ccc(/N=C/N(C)c2ccc(CN(C)c3ccc(C=C(C(=O)OC)C(=O)OC)cc3)cc2)cc1. The van der Waals surface area contributed by atoms with E-state index < -0.39 is 11.9 Å². The molecule has 0 saturated carbocycles. The van der Waals surface area contributed by atoms with Crippen molar-refractivity contribution < 1.29 is 28.6 Å². The predicted octanol–water partition coefficient (Wildman–Crippen LogP) is 5.03. The van der Waals surface area contributed by atoms with Crippen LogP contribution in [-0.4, -0.2) is 59.2 Å². The van der Waals surface area contributed by atoms with Gasteiger partial charge in [0.15, 0.2) is 0 Å². The van der Waals surface area contributed by atoms with E-state index in [2.05, 4.69) is 31.5 Å². The second-order valence-corrected chi connectivity index (χ2v) is 8.78. The van der Waals surface area contributed by atoms with Crippen LogP contribution >= 0.6 is 0 Å². The molecule has 0 heterocycles. The molecule has 0 saturated heterocycles. The third kappa shape index (κ3) is 8.04. The van der Waals surface area contributed by atoms with Crippen molar-refractivity contribution in [1.82, 2.24) is 0 Å². The number of hydrogen-bond acceptors (Lipinski definition) is 8. The van der Waals surface area contributed by atoms with Crippen molar-refractivity contribution in [3.05, 3.63) is 95.1 Å². The molecule has 0 aliphatic carbocycles. The molecular weight excluding hydrogens is 510 g/mol. The molecule has 0 aromatic heterocycles. The van der Waals surface area contributed by atoms with Gasteiger partial charge in [-0.1, -0.05) is 24.3 Å². The van der Waals surface area contributed by atoms with Gasteiger partial charge in [-0.25, -0.2) is 19.4 Å². The highest BCUT2D eigenvalue weighted by atomic mass is 16.5. The minimum absolute atomic E-state index is 0.173. The van der Waals surface area contributed by atoms with Crippen LogP contribution in [0.4, 0.5) is 17.1 Å². The maximum absolute atomic E-state index is 11.9. The van der Waals surface area contributed by atoms with Crippen molar-refractivity contribution >= 4 is 47.4 Å². The standard InChI is InChI=1S/C31H33N3O6/c1-6-40-29(35)24-11-13-25(14-12-24)32-21-34(3)27-17-9-23(10-18-27)20-33(2)26-15-7-22(8-16-26)19-28(30(36)38-4)31(37)39-5/h7-19,21H,6,20H2,1-5H3/b32-21+. The van der Waals surface area contributed by atoms with Crippen LogP contribution in [0.5, 0.6) is 0 Å². The van der Waals surface area contributed by atoms with E-state index in [9.17, 15) is 14.4 Å². The normalized spacial score (nSPS) is 10.5. The Balaban J connectivity index is 1.60. The zero-order valence-electron chi connectivity index (χ0n) is 23.3. The summed E-state index contributed by atoms with van der Waals surface area (Å²) < 4.78 is 14.3. The van der Waals surface area contributed by atoms with Gasteiger partial charge in [0, 0.05) is 32.0 Å². The zero-order chi connectivity index (χ0) is 29.1. The van der Waals surface area contributed by atoms with Crippen LogP contribution in [0.3, 0.4) is 0 Å². The number of rotatable bonds is 11. The van der Waals surface area contributed by atoms with Gasteiger partial charge in [0.2, 0.25) is 0 Å². The van der Waals surface area contributed by atoms with Crippen LogP contribution < -0.4 is 9.80 Å². The quantitative estimate of drug-likeness (QED) is 0.0632. The van der Waals surface area contributed by atoms with Gasteiger partial charge in [-0.15, -0.1) is 0 Å². The second kappa shape index (κ2) is 14.3. The molecule has 0 radical (unpaired) electrons. The number of aliphatic imine (C=N–C) groups is 1. The number of nitrogens with zero attached hydrogens (tertiary/aromatic N) is 3. The monoisotopic (exact) mass is 543 g/mol. The largest absolute Gasteiger partial charge is 0.465 e. The Kier molecular flexibility index (Phi) is 10.6. The second-order valence-electron chi connectivity index (χ2n) is 8.78. The van der Waals surface area contributed by atoms with Crippen molar-refractivity contribution in [2.75, 3.05) is 44.7 Å². The van der Waals surface area contributed by atoms with Crippen LogP contribution in [0, 0.1) is 0 Å². The summed E-state index contributed by atoms with van der Waals surface area (Å²) in [6.45, 7) is 2.79. The summed E-state index contributed by atoms with van der Waals surface area (Å²) in [6.07, 6.45) is 3.17. The number of methoxy groups -OCH3 is 2. The number of anilines is 2. The Morgan fingerprint density at radius 3 is 1.93 bits per heavy atom. The molecule has 0 fully saturated rings. The molecule has 0 spiro atoms. The van der Waals surface area contributed by atoms with Crippen LogP contribution in [0.2, 0.25) is 0 Å². The summed E-state index contributed by atoms with van der Waals surface area (Å²) in [4.78, 5) is 44.0. The smallest absolute Gasteiger partial charge is 0.345 e. The number of hydrogen-bond donors (Lipinski definition) is 0. The van der Waals surface area contributed by atoms with Crippen molar-refractivity contribution in [1.29, 1.82) is 0 Å². The van der Waals surface area contributed by atoms with Gasteiger partial charge >= 0.3 is 17.9 Å². The molecule has 0 amide bonds. The molecule has 9 nitrogen and oxygen atoms in total. The fraction of sp³-hybridized carbons (Fsp3) is 0.226. The molecule has 0 unspecified atom stereocenters. The molecule has 3 aromatic carbocycles. The Labute approximate surface area is 234 Å². The summed E-state index contributed by atoms with van der Waals surface area (Å²) in [5, 5.41) is 0. The first-order valence-corrected chi connectivity index (χ1v) is 12.6. The molecule has 0 aliphatic rings. The minimum atomic E-state index is -0.752. The van der Waals surface area contributed by atoms with Crippen molar-refractivity contribution in [3.63, 3.8) is 0 Å². The molecule has 3 rings (SSSR count). The van der Waals surface area contributed by atoms with Gasteiger partial charge in [-0.3, -0.25) is 0 Å². The molecule has 40 heavy (non-hydrogen) atoms. The summed E-state index contributed by atoms with van der Waals surface area (Å²) in [5.41, 5.74) is 4.78. The first-order valence-electron chi connectivity index (χ1n) is 12.6. The van der Waals surface area contributed by atoms with Crippen molar-refractivity contribution in [2.24, 2.45) is 4.99 Å². The lowest BCUT2D eigenvalue weighted by atomic mass is 10.1. The molecule has 0 N–H and O–H groups in total. The van der Waals surface area contributed by atoms with E-state index in [1.165, 1.54) is 20.3 Å². The lowest BCUT2D eigenvalue weighted by Crippen LogP contribution is -2.17. The topological polar surface area (TPSA) is 97.7 Å². The highest BCUT2D eigenvalue weighted by Crippen LogP contribution is 2.21. The predicted molar refractivity (Wildman–Crippen MR) is 156 cm³/mol. The molecule has 9 heteroatoms. The molecule has 0 bridgehead atoms. The zero-order valence-corrected chi connectivity index (χ0v) is 23.3. The molecule has 208 valence electrons. The third-order valence-corrected chi connectivity index (χ3v) is 5.98. The summed E-state index contributed by atoms with van der Waals surface area (Å²) in [6, 6.07) is 22.6. The van der Waals surface area contributed by atoms with E-state index in [1.54, 1.807) is 37.5 Å². The van der Waals surface area contributed by atoms with Gasteiger partial charge in [-0.05, 0) is 72.7 Å². The fourth-order valence-corrected chi connectivity index (χ4v) is 3.73. The average Bonchev–Trinajstić information content (AvgIpc) is 2.98. The Hall–Kier alpha value is -4.92. The van der Waals surface area contributed by atoms with E-state index >= 15 is 0 Å². The summed E-state index contributed by atoms with van der Waals surface area (Å²) in [5.74, 6) is -1.85. The Morgan fingerprint density at radius 2 is 1.38 bits per heavy atom. The first kappa shape index (κ1) is 29.6. The van der Waals surface area contributed by atoms with Crippen molar-refractivity contribution in [3.8, 4) is 0 Å². The van der Waals surface area contributed by atoms with E-state index in [-0.39, 0.29) is 11.5 Å². The molecular formula is C31H33N3O6. The first-order chi connectivity index (χ1) is 19.2. The van der Waals surface area contributed by atoms with Gasteiger partial charge in [0.05, 0.1) is 38.4 Å². The van der Waals surface area contributed by atoms with Crippen LogP contribution in [-0.2, 0) is 30.3 Å². The van der Waals surface area contributed by atoms with Crippen LogP contribution in [0.25, 0.3) is 6.08 Å². The third-order valence-electron chi connectivity index (χ3n) is 5.98. The number of carbonyl (C=O) groups excluding carboxylic acids is 3. The highest BCUT2D eigenvalue weighted by Gasteiger charge is 2.19. The van der Waals surface area contributed by atoms with Gasteiger partial charge in [0.25, 0.3) is 0 Å². The highest BCUT2D eigenvalue weighted by molar-refractivity contribution is 6.17. The maximum atomic E-state index is 11.9. The number of benzene rings is 3. The van der Waals surface area contributed by atoms with Crippen LogP contribution in [0.1, 0.15) is 28.4 Å². The summed E-state index contributed by atoms with van der Waals surface area (Å²) >= 11 is 0. The van der Waals surface area contributed by atoms with E-state index in [0.29, 0.717) is 24.3 Å². The number of ether oxygens (including phenoxy) is 3. The number of carbonyl (C=O) groups is 3. The van der Waals surface area contributed by atoms with Crippen LogP contribution in [0.15, 0.2) is 83.4 Å². The van der Waals surface area contributed by atoms with Gasteiger partial charge in [-0.2, -0.15) is 0 Å². The van der Waals surface area contributed by atoms with Crippen molar-refractivity contribution in [2.45, 2.75) is 13.5 Å². The summed E-state index contributed by atoms with van der Waals surface area (Å²) in [7, 11) is 6.33. The maximum Gasteiger partial charge on any atom is 0.345 e. The van der Waals surface area contributed by atoms with E-state index in [1.807, 2.05) is 55.4 Å². The van der Waals surface area contributed by atoms with E-state index in [4.69, 9.17) is 4.74 Å². The van der Waals surface area contributed by atoms with E-state index in [0.717, 1.165) is 22.6 Å². The Bertz CT molecular complexity index is 1350. The van der Waals surface area contributed by atoms with Gasteiger partial charge < -0.3 is 24.0 Å².